The van der Waals surface area contributed by atoms with Crippen molar-refractivity contribution in [1.82, 2.24) is 9.62 Å². The molecule has 2 aromatic rings. The van der Waals surface area contributed by atoms with Crippen LogP contribution in [0, 0.1) is 11.3 Å². The van der Waals surface area contributed by atoms with Gasteiger partial charge in [0.05, 0.1) is 23.1 Å². The zero-order valence-corrected chi connectivity index (χ0v) is 16.1. The summed E-state index contributed by atoms with van der Waals surface area (Å²) in [4.78, 5) is 23.7. The molecule has 9 heteroatoms. The lowest BCUT2D eigenvalue weighted by Gasteiger charge is -2.26. The number of hydrogen-bond donors (Lipinski definition) is 2. The van der Waals surface area contributed by atoms with Gasteiger partial charge in [-0.1, -0.05) is 24.3 Å². The van der Waals surface area contributed by atoms with Gasteiger partial charge in [0.1, 0.15) is 0 Å². The van der Waals surface area contributed by atoms with Gasteiger partial charge in [0.25, 0.3) is 0 Å². The van der Waals surface area contributed by atoms with Crippen molar-refractivity contribution in [3.05, 3.63) is 65.7 Å². The molecule has 2 amide bonds. The first-order valence-corrected chi connectivity index (χ1v) is 10.2. The highest BCUT2D eigenvalue weighted by atomic mass is 32.2. The van der Waals surface area contributed by atoms with E-state index in [0.29, 0.717) is 16.8 Å². The lowest BCUT2D eigenvalue weighted by molar-refractivity contribution is -0.122. The Hall–Kier alpha value is -3.48. The molecule has 0 bridgehead atoms. The second-order valence-corrected chi connectivity index (χ2v) is 8.18. The number of nitrogens with one attached hydrogen (secondary N) is 2. The van der Waals surface area contributed by atoms with E-state index in [4.69, 9.17) is 5.26 Å². The summed E-state index contributed by atoms with van der Waals surface area (Å²) in [7, 11) is -3.85. The predicted molar refractivity (Wildman–Crippen MR) is 107 cm³/mol. The highest BCUT2D eigenvalue weighted by Crippen LogP contribution is 2.20. The molecule has 29 heavy (non-hydrogen) atoms. The molecule has 2 N–H and O–H groups in total. The molecule has 0 aliphatic carbocycles. The van der Waals surface area contributed by atoms with E-state index < -0.39 is 15.9 Å². The summed E-state index contributed by atoms with van der Waals surface area (Å²) >= 11 is 0. The van der Waals surface area contributed by atoms with Gasteiger partial charge in [-0.15, -0.1) is 0 Å². The van der Waals surface area contributed by atoms with Crippen LogP contribution in [0.1, 0.15) is 11.1 Å². The molecular formula is C20H18N4O4S. The Morgan fingerprint density at radius 3 is 2.76 bits per heavy atom. The second kappa shape index (κ2) is 8.68. The van der Waals surface area contributed by atoms with Crippen molar-refractivity contribution in [1.29, 1.82) is 5.26 Å². The zero-order valence-electron chi connectivity index (χ0n) is 15.3. The number of rotatable bonds is 5. The van der Waals surface area contributed by atoms with Gasteiger partial charge in [-0.05, 0) is 35.9 Å². The van der Waals surface area contributed by atoms with Crippen molar-refractivity contribution in [3.8, 4) is 6.07 Å². The van der Waals surface area contributed by atoms with Gasteiger partial charge in [0.15, 0.2) is 0 Å². The lowest BCUT2D eigenvalue weighted by Crippen LogP contribution is -2.49. The Kier molecular flexibility index (Phi) is 6.07. The van der Waals surface area contributed by atoms with Crippen molar-refractivity contribution in [2.45, 2.75) is 4.90 Å². The minimum absolute atomic E-state index is 0.0104. The molecule has 1 saturated heterocycles. The molecule has 148 valence electrons. The number of carbonyl (C=O) groups excluding carboxylic acids is 2. The molecule has 1 aliphatic rings. The Balaban J connectivity index is 1.74. The number of carbonyl (C=O) groups is 2. The monoisotopic (exact) mass is 410 g/mol. The summed E-state index contributed by atoms with van der Waals surface area (Å²) in [6.45, 7) is 0.203. The standard InChI is InChI=1S/C20H18N4O4S/c21-13-16-5-2-1-4-15(16)8-9-19(25)23-17-6-3-7-18(12-17)29(27,28)24-11-10-22-20(26)14-24/h1-9,12H,10-11,14H2,(H,22,26)(H,23,25)/b9-8+. The van der Waals surface area contributed by atoms with Gasteiger partial charge in [-0.25, -0.2) is 8.42 Å². The van der Waals surface area contributed by atoms with Crippen LogP contribution in [0.4, 0.5) is 5.69 Å². The summed E-state index contributed by atoms with van der Waals surface area (Å²) in [6.07, 6.45) is 2.78. The van der Waals surface area contributed by atoms with E-state index in [-0.39, 0.29) is 30.4 Å². The van der Waals surface area contributed by atoms with E-state index in [1.807, 2.05) is 6.07 Å². The Morgan fingerprint density at radius 1 is 1.21 bits per heavy atom. The van der Waals surface area contributed by atoms with E-state index in [1.165, 1.54) is 30.4 Å². The van der Waals surface area contributed by atoms with E-state index >= 15 is 0 Å². The quantitative estimate of drug-likeness (QED) is 0.721. The van der Waals surface area contributed by atoms with Gasteiger partial charge in [0.2, 0.25) is 21.8 Å². The van der Waals surface area contributed by atoms with E-state index in [9.17, 15) is 18.0 Å². The number of amides is 2. The molecule has 3 rings (SSSR count). The molecular weight excluding hydrogens is 392 g/mol. The topological polar surface area (TPSA) is 119 Å². The van der Waals surface area contributed by atoms with Crippen LogP contribution in [0.2, 0.25) is 0 Å². The average molecular weight is 410 g/mol. The lowest BCUT2D eigenvalue weighted by atomic mass is 10.1. The molecule has 0 unspecified atom stereocenters. The average Bonchev–Trinajstić information content (AvgIpc) is 2.72. The highest BCUT2D eigenvalue weighted by Gasteiger charge is 2.29. The molecule has 8 nitrogen and oxygen atoms in total. The maximum absolute atomic E-state index is 12.7. The van der Waals surface area contributed by atoms with E-state index in [0.717, 1.165) is 4.31 Å². The van der Waals surface area contributed by atoms with Crippen molar-refractivity contribution < 1.29 is 18.0 Å². The van der Waals surface area contributed by atoms with Crippen molar-refractivity contribution in [2.24, 2.45) is 0 Å². The first kappa shape index (κ1) is 20.3. The number of benzene rings is 2. The summed E-state index contributed by atoms with van der Waals surface area (Å²) in [5.41, 5.74) is 1.34. The number of sulfonamides is 1. The fourth-order valence-electron chi connectivity index (χ4n) is 2.80. The van der Waals surface area contributed by atoms with Crippen LogP contribution < -0.4 is 10.6 Å². The molecule has 0 saturated carbocycles. The molecule has 1 heterocycles. The molecule has 0 radical (unpaired) electrons. The minimum atomic E-state index is -3.85. The van der Waals surface area contributed by atoms with Crippen LogP contribution in [0.15, 0.2) is 59.5 Å². The fourth-order valence-corrected chi connectivity index (χ4v) is 4.24. The largest absolute Gasteiger partial charge is 0.354 e. The number of nitriles is 1. The highest BCUT2D eigenvalue weighted by molar-refractivity contribution is 7.89. The van der Waals surface area contributed by atoms with E-state index in [1.54, 1.807) is 30.3 Å². The SMILES string of the molecule is N#Cc1ccccc1/C=C/C(=O)Nc1cccc(S(=O)(=O)N2CCNC(=O)C2)c1. The van der Waals surface area contributed by atoms with Crippen LogP contribution in [0.5, 0.6) is 0 Å². The van der Waals surface area contributed by atoms with Crippen LogP contribution in [-0.4, -0.2) is 44.2 Å². The molecule has 1 fully saturated rings. The van der Waals surface area contributed by atoms with E-state index in [2.05, 4.69) is 10.6 Å². The molecule has 0 aromatic heterocycles. The number of piperazine rings is 1. The first-order chi connectivity index (χ1) is 13.9. The van der Waals surface area contributed by atoms with Gasteiger partial charge in [-0.2, -0.15) is 9.57 Å². The van der Waals surface area contributed by atoms with Crippen LogP contribution in [0.3, 0.4) is 0 Å². The summed E-state index contributed by atoms with van der Waals surface area (Å²) in [6, 6.07) is 14.7. The third-order valence-electron chi connectivity index (χ3n) is 4.24. The van der Waals surface area contributed by atoms with Gasteiger partial charge in [-0.3, -0.25) is 9.59 Å². The van der Waals surface area contributed by atoms with Crippen molar-refractivity contribution in [2.75, 3.05) is 25.0 Å². The maximum Gasteiger partial charge on any atom is 0.248 e. The molecule has 0 spiro atoms. The summed E-state index contributed by atoms with van der Waals surface area (Å²) in [5, 5.41) is 14.3. The third-order valence-corrected chi connectivity index (χ3v) is 6.08. The van der Waals surface area contributed by atoms with Crippen molar-refractivity contribution >= 4 is 33.6 Å². The molecule has 1 aliphatic heterocycles. The Bertz CT molecular complexity index is 1120. The van der Waals surface area contributed by atoms with Gasteiger partial charge >= 0.3 is 0 Å². The van der Waals surface area contributed by atoms with Crippen LogP contribution >= 0.6 is 0 Å². The first-order valence-electron chi connectivity index (χ1n) is 8.75. The molecule has 2 aromatic carbocycles. The summed E-state index contributed by atoms with van der Waals surface area (Å²) in [5.74, 6) is -0.822. The maximum atomic E-state index is 12.7. The number of anilines is 1. The van der Waals surface area contributed by atoms with Crippen LogP contribution in [-0.2, 0) is 19.6 Å². The van der Waals surface area contributed by atoms with Gasteiger partial charge < -0.3 is 10.6 Å². The number of hydrogen-bond acceptors (Lipinski definition) is 5. The number of nitrogens with zero attached hydrogens (tertiary/aromatic N) is 2. The van der Waals surface area contributed by atoms with Crippen LogP contribution in [0.25, 0.3) is 6.08 Å². The molecule has 0 atom stereocenters. The Labute approximate surface area is 168 Å². The second-order valence-electron chi connectivity index (χ2n) is 6.24. The normalized spacial score (nSPS) is 14.9. The predicted octanol–water partition coefficient (Wildman–Crippen LogP) is 1.33. The van der Waals surface area contributed by atoms with Gasteiger partial charge in [0, 0.05) is 24.9 Å². The smallest absolute Gasteiger partial charge is 0.248 e. The van der Waals surface area contributed by atoms with Crippen molar-refractivity contribution in [3.63, 3.8) is 0 Å². The minimum Gasteiger partial charge on any atom is -0.354 e. The summed E-state index contributed by atoms with van der Waals surface area (Å²) < 4.78 is 26.6. The fraction of sp³-hybridized carbons (Fsp3) is 0.150. The third kappa shape index (κ3) is 4.87. The Morgan fingerprint density at radius 2 is 2.00 bits per heavy atom. The zero-order chi connectivity index (χ0) is 20.9.